The van der Waals surface area contributed by atoms with Crippen LogP contribution < -0.4 is 5.32 Å². The van der Waals surface area contributed by atoms with Crippen LogP contribution in [0.5, 0.6) is 0 Å². The van der Waals surface area contributed by atoms with E-state index in [1.807, 2.05) is 6.92 Å². The molecular formula is C15H20N4O3S. The molecule has 1 atom stereocenters. The number of aromatic nitrogens is 3. The van der Waals surface area contributed by atoms with Gasteiger partial charge in [-0.15, -0.1) is 11.3 Å². The van der Waals surface area contributed by atoms with Gasteiger partial charge in [-0.25, -0.2) is 4.98 Å². The van der Waals surface area contributed by atoms with Gasteiger partial charge in [0.2, 0.25) is 0 Å². The fraction of sp³-hybridized carbons (Fsp3) is 0.600. The Balaban J connectivity index is 1.60. The minimum atomic E-state index is -0.157. The minimum absolute atomic E-state index is 0.107. The van der Waals surface area contributed by atoms with E-state index in [-0.39, 0.29) is 18.6 Å². The van der Waals surface area contributed by atoms with Crippen molar-refractivity contribution >= 4 is 17.2 Å². The predicted octanol–water partition coefficient (Wildman–Crippen LogP) is 2.74. The number of thiazole rings is 1. The molecular weight excluding hydrogens is 316 g/mol. The maximum absolute atomic E-state index is 12.3. The van der Waals surface area contributed by atoms with Gasteiger partial charge in [0.05, 0.1) is 17.2 Å². The quantitative estimate of drug-likeness (QED) is 0.903. The molecule has 8 heteroatoms. The van der Waals surface area contributed by atoms with Crippen LogP contribution in [-0.4, -0.2) is 27.6 Å². The standard InChI is InChI=1S/C15H20N4O3S/c1-8(2)15-17-9(3)12(23-15)13(20)16-7-11-18-14(22-19-11)10-5-4-6-21-10/h8,10H,4-7H2,1-3H3,(H,16,20)/t10-/m0/s1. The molecule has 23 heavy (non-hydrogen) atoms. The number of carbonyl (C=O) groups is 1. The zero-order chi connectivity index (χ0) is 16.4. The predicted molar refractivity (Wildman–Crippen MR) is 84.3 cm³/mol. The van der Waals surface area contributed by atoms with Crippen molar-refractivity contribution in [1.29, 1.82) is 0 Å². The molecule has 0 bridgehead atoms. The number of hydrogen-bond acceptors (Lipinski definition) is 7. The highest BCUT2D eigenvalue weighted by Crippen LogP contribution is 2.27. The molecule has 7 nitrogen and oxygen atoms in total. The number of aryl methyl sites for hydroxylation is 1. The molecule has 2 aromatic rings. The summed E-state index contributed by atoms with van der Waals surface area (Å²) in [6, 6.07) is 0. The van der Waals surface area contributed by atoms with Crippen molar-refractivity contribution in [2.75, 3.05) is 6.61 Å². The summed E-state index contributed by atoms with van der Waals surface area (Å²) in [4.78, 5) is 21.6. The number of rotatable bonds is 5. The molecule has 0 aliphatic carbocycles. The normalized spacial score (nSPS) is 17.8. The van der Waals surface area contributed by atoms with Crippen molar-refractivity contribution < 1.29 is 14.1 Å². The first-order valence-corrected chi connectivity index (χ1v) is 8.56. The van der Waals surface area contributed by atoms with E-state index in [4.69, 9.17) is 9.26 Å². The van der Waals surface area contributed by atoms with E-state index in [9.17, 15) is 4.79 Å². The average molecular weight is 336 g/mol. The highest BCUT2D eigenvalue weighted by molar-refractivity contribution is 7.13. The summed E-state index contributed by atoms with van der Waals surface area (Å²) in [5, 5.41) is 7.67. The molecule has 2 aromatic heterocycles. The SMILES string of the molecule is Cc1nc(C(C)C)sc1C(=O)NCc1noc([C@@H]2CCCO2)n1. The molecule has 124 valence electrons. The van der Waals surface area contributed by atoms with Crippen LogP contribution in [0.25, 0.3) is 0 Å². The van der Waals surface area contributed by atoms with Gasteiger partial charge in [0.25, 0.3) is 11.8 Å². The fourth-order valence-electron chi connectivity index (χ4n) is 2.36. The first-order chi connectivity index (χ1) is 11.0. The molecule has 1 aliphatic heterocycles. The lowest BCUT2D eigenvalue weighted by molar-refractivity contribution is 0.0835. The van der Waals surface area contributed by atoms with Crippen LogP contribution in [0.15, 0.2) is 4.52 Å². The molecule has 3 rings (SSSR count). The zero-order valence-electron chi connectivity index (χ0n) is 13.5. The Hall–Kier alpha value is -1.80. The number of amides is 1. The Morgan fingerprint density at radius 2 is 2.26 bits per heavy atom. The van der Waals surface area contributed by atoms with Crippen LogP contribution in [0.2, 0.25) is 0 Å². The van der Waals surface area contributed by atoms with Crippen molar-refractivity contribution in [2.45, 2.75) is 52.2 Å². The van der Waals surface area contributed by atoms with Crippen molar-refractivity contribution in [3.05, 3.63) is 27.3 Å². The van der Waals surface area contributed by atoms with Crippen molar-refractivity contribution in [3.63, 3.8) is 0 Å². The van der Waals surface area contributed by atoms with Crippen LogP contribution in [0.1, 0.15) is 70.8 Å². The molecule has 1 saturated heterocycles. The van der Waals surface area contributed by atoms with Gasteiger partial charge in [0, 0.05) is 12.5 Å². The van der Waals surface area contributed by atoms with E-state index < -0.39 is 0 Å². The van der Waals surface area contributed by atoms with Crippen molar-refractivity contribution in [3.8, 4) is 0 Å². The second-order valence-electron chi connectivity index (χ2n) is 5.85. The monoisotopic (exact) mass is 336 g/mol. The topological polar surface area (TPSA) is 90.1 Å². The molecule has 0 saturated carbocycles. The smallest absolute Gasteiger partial charge is 0.263 e. The molecule has 1 fully saturated rings. The molecule has 0 spiro atoms. The average Bonchev–Trinajstić information content (AvgIpc) is 3.24. The Morgan fingerprint density at radius 3 is 2.91 bits per heavy atom. The molecule has 1 aliphatic rings. The molecule has 1 N–H and O–H groups in total. The molecule has 3 heterocycles. The Kier molecular flexibility index (Phi) is 4.72. The second-order valence-corrected chi connectivity index (χ2v) is 6.89. The maximum Gasteiger partial charge on any atom is 0.263 e. The van der Waals surface area contributed by atoms with Crippen LogP contribution in [0, 0.1) is 6.92 Å². The largest absolute Gasteiger partial charge is 0.368 e. The lowest BCUT2D eigenvalue weighted by atomic mass is 10.2. The highest BCUT2D eigenvalue weighted by atomic mass is 32.1. The van der Waals surface area contributed by atoms with Gasteiger partial charge in [-0.1, -0.05) is 19.0 Å². The highest BCUT2D eigenvalue weighted by Gasteiger charge is 2.24. The Bertz CT molecular complexity index is 689. The zero-order valence-corrected chi connectivity index (χ0v) is 14.3. The summed E-state index contributed by atoms with van der Waals surface area (Å²) in [7, 11) is 0. The number of nitrogens with one attached hydrogen (secondary N) is 1. The van der Waals surface area contributed by atoms with Crippen molar-refractivity contribution in [2.24, 2.45) is 0 Å². The van der Waals surface area contributed by atoms with Crippen LogP contribution in [-0.2, 0) is 11.3 Å². The number of carbonyl (C=O) groups excluding carboxylic acids is 1. The van der Waals surface area contributed by atoms with E-state index in [1.54, 1.807) is 0 Å². The van der Waals surface area contributed by atoms with Crippen molar-refractivity contribution in [1.82, 2.24) is 20.4 Å². The summed E-state index contributed by atoms with van der Waals surface area (Å²) >= 11 is 1.43. The third-order valence-corrected chi connectivity index (χ3v) is 5.07. The van der Waals surface area contributed by atoms with E-state index in [0.717, 1.165) is 30.2 Å². The number of nitrogens with zero attached hydrogens (tertiary/aromatic N) is 3. The molecule has 0 aromatic carbocycles. The fourth-order valence-corrected chi connectivity index (χ4v) is 3.34. The molecule has 0 radical (unpaired) electrons. The summed E-state index contributed by atoms with van der Waals surface area (Å²) in [6.07, 6.45) is 1.79. The lowest BCUT2D eigenvalue weighted by Gasteiger charge is -2.01. The van der Waals surface area contributed by atoms with E-state index in [1.165, 1.54) is 11.3 Å². The maximum atomic E-state index is 12.3. The first kappa shape index (κ1) is 16.1. The van der Waals surface area contributed by atoms with Gasteiger partial charge in [0.15, 0.2) is 5.82 Å². The van der Waals surface area contributed by atoms with E-state index in [2.05, 4.69) is 34.3 Å². The van der Waals surface area contributed by atoms with E-state index in [0.29, 0.717) is 22.5 Å². The Labute approximate surface area is 138 Å². The van der Waals surface area contributed by atoms with Gasteiger partial charge in [-0.3, -0.25) is 4.79 Å². The van der Waals surface area contributed by atoms with Gasteiger partial charge < -0.3 is 14.6 Å². The van der Waals surface area contributed by atoms with Gasteiger partial charge in [-0.2, -0.15) is 4.98 Å². The first-order valence-electron chi connectivity index (χ1n) is 7.74. The van der Waals surface area contributed by atoms with E-state index >= 15 is 0 Å². The van der Waals surface area contributed by atoms with Crippen LogP contribution in [0.3, 0.4) is 0 Å². The number of hydrogen-bond donors (Lipinski definition) is 1. The minimum Gasteiger partial charge on any atom is -0.368 e. The van der Waals surface area contributed by atoms with Gasteiger partial charge >= 0.3 is 0 Å². The van der Waals surface area contributed by atoms with Gasteiger partial charge in [-0.05, 0) is 19.8 Å². The number of ether oxygens (including phenoxy) is 1. The van der Waals surface area contributed by atoms with Crippen LogP contribution in [0.4, 0.5) is 0 Å². The van der Waals surface area contributed by atoms with Crippen LogP contribution >= 0.6 is 11.3 Å². The second kappa shape index (κ2) is 6.76. The Morgan fingerprint density at radius 1 is 1.43 bits per heavy atom. The summed E-state index contributed by atoms with van der Waals surface area (Å²) in [6.45, 7) is 6.92. The van der Waals surface area contributed by atoms with Gasteiger partial charge in [0.1, 0.15) is 11.0 Å². The summed E-state index contributed by atoms with van der Waals surface area (Å²) in [5.74, 6) is 1.10. The summed E-state index contributed by atoms with van der Waals surface area (Å²) < 4.78 is 10.7. The molecule has 1 amide bonds. The lowest BCUT2D eigenvalue weighted by Crippen LogP contribution is -2.23. The summed E-state index contributed by atoms with van der Waals surface area (Å²) in [5.41, 5.74) is 0.754. The molecule has 0 unspecified atom stereocenters. The third kappa shape index (κ3) is 3.59. The third-order valence-electron chi connectivity index (χ3n) is 3.61.